The van der Waals surface area contributed by atoms with Crippen LogP contribution in [0.4, 0.5) is 5.95 Å². The molecule has 1 N–H and O–H groups in total. The van der Waals surface area contributed by atoms with Gasteiger partial charge >= 0.3 is 5.97 Å². The molecule has 6 nitrogen and oxygen atoms in total. The highest BCUT2D eigenvalue weighted by Gasteiger charge is 2.29. The zero-order valence-corrected chi connectivity index (χ0v) is 9.88. The molecule has 17 heavy (non-hydrogen) atoms. The van der Waals surface area contributed by atoms with Gasteiger partial charge in [0.15, 0.2) is 0 Å². The summed E-state index contributed by atoms with van der Waals surface area (Å²) in [4.78, 5) is 21.3. The third-order valence-electron chi connectivity index (χ3n) is 2.85. The van der Waals surface area contributed by atoms with Crippen LogP contribution in [0.1, 0.15) is 12.1 Å². The number of aryl methyl sites for hydroxylation is 1. The van der Waals surface area contributed by atoms with Gasteiger partial charge in [0.05, 0.1) is 13.0 Å². The summed E-state index contributed by atoms with van der Waals surface area (Å²) in [6, 6.07) is 1.74. The second-order valence-electron chi connectivity index (χ2n) is 4.12. The lowest BCUT2D eigenvalue weighted by Crippen LogP contribution is -2.24. The van der Waals surface area contributed by atoms with Gasteiger partial charge in [-0.1, -0.05) is 0 Å². The van der Waals surface area contributed by atoms with Crippen molar-refractivity contribution in [1.82, 2.24) is 9.97 Å². The van der Waals surface area contributed by atoms with Gasteiger partial charge in [0.2, 0.25) is 11.8 Å². The minimum atomic E-state index is -0.757. The fourth-order valence-electron chi connectivity index (χ4n) is 1.91. The number of methoxy groups -OCH3 is 1. The molecular weight excluding hydrogens is 222 g/mol. The van der Waals surface area contributed by atoms with Gasteiger partial charge in [0, 0.05) is 24.8 Å². The van der Waals surface area contributed by atoms with Gasteiger partial charge in [0.1, 0.15) is 0 Å². The van der Waals surface area contributed by atoms with E-state index in [4.69, 9.17) is 9.84 Å². The van der Waals surface area contributed by atoms with E-state index in [1.807, 2.05) is 11.8 Å². The Kier molecular flexibility index (Phi) is 3.12. The van der Waals surface area contributed by atoms with E-state index >= 15 is 0 Å². The van der Waals surface area contributed by atoms with Gasteiger partial charge < -0.3 is 14.7 Å². The molecule has 1 aromatic heterocycles. The smallest absolute Gasteiger partial charge is 0.308 e. The fraction of sp³-hybridized carbons (Fsp3) is 0.545. The van der Waals surface area contributed by atoms with E-state index in [0.29, 0.717) is 31.3 Å². The molecule has 6 heteroatoms. The van der Waals surface area contributed by atoms with Crippen molar-refractivity contribution in [3.05, 3.63) is 11.8 Å². The molecule has 1 aromatic rings. The number of anilines is 1. The fourth-order valence-corrected chi connectivity index (χ4v) is 1.91. The summed E-state index contributed by atoms with van der Waals surface area (Å²) >= 11 is 0. The topological polar surface area (TPSA) is 75.5 Å². The third kappa shape index (κ3) is 2.46. The highest BCUT2D eigenvalue weighted by atomic mass is 16.5. The van der Waals surface area contributed by atoms with Gasteiger partial charge in [-0.3, -0.25) is 4.79 Å². The van der Waals surface area contributed by atoms with Crippen LogP contribution in [0.25, 0.3) is 0 Å². The van der Waals surface area contributed by atoms with Crippen molar-refractivity contribution < 1.29 is 14.6 Å². The van der Waals surface area contributed by atoms with Gasteiger partial charge in [-0.15, -0.1) is 0 Å². The van der Waals surface area contributed by atoms with Crippen molar-refractivity contribution in [3.63, 3.8) is 0 Å². The summed E-state index contributed by atoms with van der Waals surface area (Å²) in [7, 11) is 1.55. The monoisotopic (exact) mass is 237 g/mol. The number of carboxylic acid groups (broad SMARTS) is 1. The van der Waals surface area contributed by atoms with E-state index in [2.05, 4.69) is 9.97 Å². The largest absolute Gasteiger partial charge is 0.481 e. The van der Waals surface area contributed by atoms with Crippen LogP contribution in [0.2, 0.25) is 0 Å². The number of hydrogen-bond donors (Lipinski definition) is 1. The quantitative estimate of drug-likeness (QED) is 0.834. The lowest BCUT2D eigenvalue weighted by Gasteiger charge is -2.16. The van der Waals surface area contributed by atoms with Crippen molar-refractivity contribution >= 4 is 11.9 Å². The lowest BCUT2D eigenvalue weighted by atomic mass is 10.1. The average molecular weight is 237 g/mol. The van der Waals surface area contributed by atoms with E-state index in [1.54, 1.807) is 13.2 Å². The summed E-state index contributed by atoms with van der Waals surface area (Å²) in [6.07, 6.45) is 0.634. The number of hydrogen-bond acceptors (Lipinski definition) is 5. The van der Waals surface area contributed by atoms with E-state index in [-0.39, 0.29) is 5.92 Å². The first-order chi connectivity index (χ1) is 8.10. The third-order valence-corrected chi connectivity index (χ3v) is 2.85. The highest BCUT2D eigenvalue weighted by Crippen LogP contribution is 2.22. The number of ether oxygens (including phenoxy) is 1. The molecule has 1 saturated heterocycles. The maximum atomic E-state index is 10.9. The Labute approximate surface area is 99.2 Å². The molecule has 0 aliphatic carbocycles. The molecule has 1 atom stereocenters. The minimum absolute atomic E-state index is 0.329. The Balaban J connectivity index is 2.18. The summed E-state index contributed by atoms with van der Waals surface area (Å²) in [5.74, 6) is -0.0332. The Bertz CT molecular complexity index is 436. The first-order valence-electron chi connectivity index (χ1n) is 5.47. The van der Waals surface area contributed by atoms with Crippen molar-refractivity contribution in [2.24, 2.45) is 5.92 Å². The van der Waals surface area contributed by atoms with Crippen molar-refractivity contribution in [1.29, 1.82) is 0 Å². The number of nitrogens with zero attached hydrogens (tertiary/aromatic N) is 3. The molecule has 0 saturated carbocycles. The molecule has 1 aliphatic rings. The van der Waals surface area contributed by atoms with E-state index in [0.717, 1.165) is 5.69 Å². The molecule has 2 rings (SSSR count). The molecular formula is C11H15N3O3. The molecule has 0 radical (unpaired) electrons. The Morgan fingerprint density at radius 1 is 1.59 bits per heavy atom. The van der Waals surface area contributed by atoms with E-state index in [1.165, 1.54) is 0 Å². The normalized spacial score (nSPS) is 19.4. The summed E-state index contributed by atoms with van der Waals surface area (Å²) in [6.45, 7) is 2.99. The van der Waals surface area contributed by atoms with Gasteiger partial charge in [-0.25, -0.2) is 4.98 Å². The molecule has 2 heterocycles. The van der Waals surface area contributed by atoms with E-state index < -0.39 is 5.97 Å². The standard InChI is InChI=1S/C11H15N3O3/c1-7-5-9(17-2)13-11(12-7)14-4-3-8(6-14)10(15)16/h5,8H,3-4,6H2,1-2H3,(H,15,16). The molecule has 0 aromatic carbocycles. The molecule has 1 fully saturated rings. The van der Waals surface area contributed by atoms with Gasteiger partial charge in [-0.05, 0) is 13.3 Å². The second kappa shape index (κ2) is 4.57. The number of carbonyl (C=O) groups is 1. The maximum Gasteiger partial charge on any atom is 0.308 e. The number of carboxylic acids is 1. The summed E-state index contributed by atoms with van der Waals surface area (Å²) in [5, 5.41) is 8.94. The molecule has 1 aliphatic heterocycles. The second-order valence-corrected chi connectivity index (χ2v) is 4.12. The first kappa shape index (κ1) is 11.6. The Morgan fingerprint density at radius 3 is 2.94 bits per heavy atom. The minimum Gasteiger partial charge on any atom is -0.481 e. The number of aliphatic carboxylic acids is 1. The predicted octanol–water partition coefficient (Wildman–Crippen LogP) is 0.705. The van der Waals surface area contributed by atoms with Crippen LogP contribution in [0.15, 0.2) is 6.07 Å². The molecule has 0 bridgehead atoms. The van der Waals surface area contributed by atoms with Crippen molar-refractivity contribution in [3.8, 4) is 5.88 Å². The first-order valence-corrected chi connectivity index (χ1v) is 5.47. The number of aromatic nitrogens is 2. The molecule has 0 spiro atoms. The van der Waals surface area contributed by atoms with Crippen LogP contribution in [-0.2, 0) is 4.79 Å². The zero-order valence-electron chi connectivity index (χ0n) is 9.88. The van der Waals surface area contributed by atoms with Crippen LogP contribution in [0, 0.1) is 12.8 Å². The average Bonchev–Trinajstić information content (AvgIpc) is 2.77. The van der Waals surface area contributed by atoms with Crippen LogP contribution < -0.4 is 9.64 Å². The summed E-state index contributed by atoms with van der Waals surface area (Å²) in [5.41, 5.74) is 0.811. The Morgan fingerprint density at radius 2 is 2.35 bits per heavy atom. The maximum absolute atomic E-state index is 10.9. The Hall–Kier alpha value is -1.85. The van der Waals surface area contributed by atoms with Crippen LogP contribution >= 0.6 is 0 Å². The molecule has 92 valence electrons. The van der Waals surface area contributed by atoms with Crippen LogP contribution in [0.3, 0.4) is 0 Å². The predicted molar refractivity (Wildman–Crippen MR) is 61.3 cm³/mol. The summed E-state index contributed by atoms with van der Waals surface area (Å²) < 4.78 is 5.08. The number of rotatable bonds is 3. The van der Waals surface area contributed by atoms with Gasteiger partial charge in [0.25, 0.3) is 0 Å². The molecule has 1 unspecified atom stereocenters. The highest BCUT2D eigenvalue weighted by molar-refractivity contribution is 5.71. The lowest BCUT2D eigenvalue weighted by molar-refractivity contribution is -0.140. The van der Waals surface area contributed by atoms with Crippen molar-refractivity contribution in [2.75, 3.05) is 25.1 Å². The van der Waals surface area contributed by atoms with Crippen LogP contribution in [-0.4, -0.2) is 41.2 Å². The van der Waals surface area contributed by atoms with Crippen molar-refractivity contribution in [2.45, 2.75) is 13.3 Å². The molecule has 0 amide bonds. The zero-order chi connectivity index (χ0) is 12.4. The van der Waals surface area contributed by atoms with Crippen LogP contribution in [0.5, 0.6) is 5.88 Å². The van der Waals surface area contributed by atoms with Gasteiger partial charge in [-0.2, -0.15) is 4.98 Å². The SMILES string of the molecule is COc1cc(C)nc(N2CCC(C(=O)O)C2)n1. The van der Waals surface area contributed by atoms with E-state index in [9.17, 15) is 4.79 Å².